The maximum absolute atomic E-state index is 6.17. The molecule has 0 bridgehead atoms. The van der Waals surface area contributed by atoms with Crippen molar-refractivity contribution in [2.45, 2.75) is 11.8 Å². The van der Waals surface area contributed by atoms with Crippen LogP contribution in [0.4, 0.5) is 0 Å². The average Bonchev–Trinajstić information content (AvgIpc) is 2.60. The summed E-state index contributed by atoms with van der Waals surface area (Å²) < 4.78 is 0. The summed E-state index contributed by atoms with van der Waals surface area (Å²) in [5.74, 6) is -0.634. The molecule has 0 amide bonds. The van der Waals surface area contributed by atoms with Gasteiger partial charge < -0.3 is 17.2 Å². The van der Waals surface area contributed by atoms with Crippen molar-refractivity contribution in [3.8, 4) is 0 Å². The Hall–Kier alpha value is -0.590. The van der Waals surface area contributed by atoms with Gasteiger partial charge in [0.05, 0.1) is 25.1 Å². The Labute approximate surface area is 178 Å². The standard InChI is InChI=1S/C18H19Cl4N3S/c19-13-3-1-9(5-15(13)21)11(7-23)17(18(25)26)12(8-24)10-2-4-14(20)16(22)6-10/h1-6,11-12,17H,7-8,23-24H2,(H2,25,26). The van der Waals surface area contributed by atoms with Crippen LogP contribution in [0.5, 0.6) is 0 Å². The molecule has 3 nitrogen and oxygen atoms in total. The van der Waals surface area contributed by atoms with E-state index in [1.54, 1.807) is 24.3 Å². The van der Waals surface area contributed by atoms with Crippen molar-refractivity contribution >= 4 is 63.6 Å². The van der Waals surface area contributed by atoms with E-state index in [1.165, 1.54) is 0 Å². The fourth-order valence-electron chi connectivity index (χ4n) is 3.14. The predicted octanol–water partition coefficient (Wildman–Crippen LogP) is 4.99. The summed E-state index contributed by atoms with van der Waals surface area (Å²) in [6, 6.07) is 10.8. The largest absolute Gasteiger partial charge is 0.393 e. The van der Waals surface area contributed by atoms with Crippen molar-refractivity contribution in [1.29, 1.82) is 0 Å². The molecule has 2 atom stereocenters. The van der Waals surface area contributed by atoms with Crippen LogP contribution < -0.4 is 17.2 Å². The molecule has 2 aromatic carbocycles. The van der Waals surface area contributed by atoms with Gasteiger partial charge in [-0.2, -0.15) is 0 Å². The van der Waals surface area contributed by atoms with Crippen LogP contribution in [-0.4, -0.2) is 18.1 Å². The van der Waals surface area contributed by atoms with Gasteiger partial charge in [-0.05, 0) is 48.5 Å². The third kappa shape index (κ3) is 4.82. The SMILES string of the molecule is NCC(c1ccc(Cl)c(Cl)c1)C(C(N)=S)C(CN)c1ccc(Cl)c(Cl)c1. The van der Waals surface area contributed by atoms with Gasteiger partial charge in [-0.1, -0.05) is 70.8 Å². The number of hydrogen-bond donors (Lipinski definition) is 3. The summed E-state index contributed by atoms with van der Waals surface area (Å²) in [7, 11) is 0. The summed E-state index contributed by atoms with van der Waals surface area (Å²) in [5.41, 5.74) is 20.1. The highest BCUT2D eigenvalue weighted by Crippen LogP contribution is 2.38. The zero-order valence-electron chi connectivity index (χ0n) is 13.8. The van der Waals surface area contributed by atoms with Gasteiger partial charge >= 0.3 is 0 Å². The van der Waals surface area contributed by atoms with Gasteiger partial charge in [0.2, 0.25) is 0 Å². The normalized spacial score (nSPS) is 14.7. The Morgan fingerprint density at radius 2 is 1.15 bits per heavy atom. The summed E-state index contributed by atoms with van der Waals surface area (Å²) in [6.07, 6.45) is 0. The molecule has 0 saturated carbocycles. The molecule has 0 fully saturated rings. The monoisotopic (exact) mass is 449 g/mol. The highest BCUT2D eigenvalue weighted by molar-refractivity contribution is 7.80. The molecule has 0 aromatic heterocycles. The number of thiocarbonyl (C=S) groups is 1. The van der Waals surface area contributed by atoms with Gasteiger partial charge in [0.1, 0.15) is 0 Å². The van der Waals surface area contributed by atoms with Gasteiger partial charge in [-0.15, -0.1) is 0 Å². The second kappa shape index (κ2) is 9.56. The van der Waals surface area contributed by atoms with Crippen LogP contribution in [0, 0.1) is 5.92 Å². The zero-order chi connectivity index (χ0) is 19.4. The molecule has 0 radical (unpaired) electrons. The Bertz CT molecular complexity index is 741. The Kier molecular flexibility index (Phi) is 7.98. The molecule has 0 heterocycles. The molecular formula is C18H19Cl4N3S. The number of rotatable bonds is 7. The summed E-state index contributed by atoms with van der Waals surface area (Å²) in [6.45, 7) is 0.635. The Morgan fingerprint density at radius 3 is 1.42 bits per heavy atom. The Balaban J connectivity index is 2.50. The average molecular weight is 451 g/mol. The van der Waals surface area contributed by atoms with Crippen molar-refractivity contribution in [1.82, 2.24) is 0 Å². The third-order valence-electron chi connectivity index (χ3n) is 4.45. The maximum Gasteiger partial charge on any atom is 0.0772 e. The first-order chi connectivity index (χ1) is 12.3. The lowest BCUT2D eigenvalue weighted by Crippen LogP contribution is -2.38. The minimum Gasteiger partial charge on any atom is -0.393 e. The van der Waals surface area contributed by atoms with E-state index < -0.39 is 0 Å². The van der Waals surface area contributed by atoms with Gasteiger partial charge in [0.15, 0.2) is 0 Å². The molecule has 0 spiro atoms. The van der Waals surface area contributed by atoms with E-state index in [0.29, 0.717) is 38.2 Å². The highest BCUT2D eigenvalue weighted by Gasteiger charge is 2.33. The first-order valence-corrected chi connectivity index (χ1v) is 9.81. The van der Waals surface area contributed by atoms with Crippen LogP contribution in [-0.2, 0) is 0 Å². The molecule has 6 N–H and O–H groups in total. The molecular weight excluding hydrogens is 432 g/mol. The molecule has 2 aromatic rings. The zero-order valence-corrected chi connectivity index (χ0v) is 17.6. The van der Waals surface area contributed by atoms with E-state index in [1.807, 2.05) is 12.1 Å². The topological polar surface area (TPSA) is 78.1 Å². The molecule has 0 saturated heterocycles. The first kappa shape index (κ1) is 21.7. The van der Waals surface area contributed by atoms with Crippen molar-refractivity contribution < 1.29 is 0 Å². The van der Waals surface area contributed by atoms with Crippen LogP contribution in [0.3, 0.4) is 0 Å². The number of nitrogens with two attached hydrogens (primary N) is 3. The number of benzene rings is 2. The van der Waals surface area contributed by atoms with Gasteiger partial charge in [-0.25, -0.2) is 0 Å². The van der Waals surface area contributed by atoms with Crippen molar-refractivity contribution in [3.63, 3.8) is 0 Å². The van der Waals surface area contributed by atoms with Crippen molar-refractivity contribution in [2.24, 2.45) is 23.1 Å². The lowest BCUT2D eigenvalue weighted by atomic mass is 9.75. The van der Waals surface area contributed by atoms with Crippen LogP contribution in [0.25, 0.3) is 0 Å². The number of hydrogen-bond acceptors (Lipinski definition) is 3. The maximum atomic E-state index is 6.17. The van der Waals surface area contributed by atoms with Crippen LogP contribution in [0.15, 0.2) is 36.4 Å². The molecule has 26 heavy (non-hydrogen) atoms. The molecule has 0 aliphatic heterocycles. The van der Waals surface area contributed by atoms with Gasteiger partial charge in [0.25, 0.3) is 0 Å². The second-order valence-corrected chi connectivity index (χ2v) is 8.06. The fraction of sp³-hybridized carbons (Fsp3) is 0.278. The van der Waals surface area contributed by atoms with Gasteiger partial charge in [0, 0.05) is 17.8 Å². The molecule has 0 aliphatic rings. The highest BCUT2D eigenvalue weighted by atomic mass is 35.5. The second-order valence-electron chi connectivity index (χ2n) is 5.96. The quantitative estimate of drug-likeness (QED) is 0.519. The lowest BCUT2D eigenvalue weighted by Gasteiger charge is -2.33. The molecule has 2 rings (SSSR count). The molecule has 2 unspecified atom stereocenters. The predicted molar refractivity (Wildman–Crippen MR) is 117 cm³/mol. The van der Waals surface area contributed by atoms with E-state index >= 15 is 0 Å². The summed E-state index contributed by atoms with van der Waals surface area (Å²) in [5, 5.41) is 1.84. The van der Waals surface area contributed by atoms with E-state index in [9.17, 15) is 0 Å². The first-order valence-electron chi connectivity index (χ1n) is 7.89. The van der Waals surface area contributed by atoms with Gasteiger partial charge in [-0.3, -0.25) is 0 Å². The van der Waals surface area contributed by atoms with Crippen LogP contribution >= 0.6 is 58.6 Å². The number of halogens is 4. The molecule has 8 heteroatoms. The smallest absolute Gasteiger partial charge is 0.0772 e. The van der Waals surface area contributed by atoms with E-state index in [0.717, 1.165) is 11.1 Å². The summed E-state index contributed by atoms with van der Waals surface area (Å²) >= 11 is 29.8. The fourth-order valence-corrected chi connectivity index (χ4v) is 4.08. The Morgan fingerprint density at radius 1 is 0.769 bits per heavy atom. The van der Waals surface area contributed by atoms with Crippen LogP contribution in [0.1, 0.15) is 23.0 Å². The lowest BCUT2D eigenvalue weighted by molar-refractivity contribution is 0.456. The summed E-state index contributed by atoms with van der Waals surface area (Å²) in [4.78, 5) is 0.327. The van der Waals surface area contributed by atoms with Crippen molar-refractivity contribution in [2.75, 3.05) is 13.1 Å². The van der Waals surface area contributed by atoms with Crippen molar-refractivity contribution in [3.05, 3.63) is 67.6 Å². The molecule has 140 valence electrons. The molecule has 0 aliphatic carbocycles. The van der Waals surface area contributed by atoms with Crippen LogP contribution in [0.2, 0.25) is 20.1 Å². The van der Waals surface area contributed by atoms with E-state index in [2.05, 4.69) is 0 Å². The van der Waals surface area contributed by atoms with E-state index in [-0.39, 0.29) is 17.8 Å². The minimum absolute atomic E-state index is 0.176. The third-order valence-corrected chi connectivity index (χ3v) is 6.20. The van der Waals surface area contributed by atoms with E-state index in [4.69, 9.17) is 75.8 Å². The minimum atomic E-state index is -0.283.